The first-order chi connectivity index (χ1) is 13.5. The SMILES string of the molecule is CN(C)CCc1ncnc(NNC(=O)[C@@H](CN(O)C=O)C2CCCCCC2)n1. The second-order valence-corrected chi connectivity index (χ2v) is 7.48. The van der Waals surface area contributed by atoms with Gasteiger partial charge in [0.1, 0.15) is 12.2 Å². The minimum absolute atomic E-state index is 0.0348. The number of aromatic nitrogens is 3. The molecule has 1 saturated carbocycles. The molecule has 0 bridgehead atoms. The topological polar surface area (TPSA) is 124 Å². The highest BCUT2D eigenvalue weighted by molar-refractivity contribution is 5.80. The van der Waals surface area contributed by atoms with Crippen LogP contribution in [0.1, 0.15) is 44.3 Å². The van der Waals surface area contributed by atoms with E-state index in [1.165, 1.54) is 6.33 Å². The number of likely N-dealkylation sites (N-methyl/N-ethyl adjacent to an activating group) is 1. The summed E-state index contributed by atoms with van der Waals surface area (Å²) in [6.07, 6.45) is 8.62. The number of hydrogen-bond acceptors (Lipinski definition) is 8. The average Bonchev–Trinajstić information content (AvgIpc) is 2.98. The third-order valence-corrected chi connectivity index (χ3v) is 5.01. The molecule has 2 amide bonds. The van der Waals surface area contributed by atoms with Crippen LogP contribution in [0.2, 0.25) is 0 Å². The fraction of sp³-hybridized carbons (Fsp3) is 0.722. The van der Waals surface area contributed by atoms with E-state index >= 15 is 0 Å². The van der Waals surface area contributed by atoms with Crippen LogP contribution < -0.4 is 10.9 Å². The molecular formula is C18H31N7O3. The standard InChI is InChI=1S/C18H31N7O3/c1-24(2)10-9-16-19-12-20-18(21-16)23-22-17(27)15(11-25(28)13-26)14-7-5-3-4-6-8-14/h12-15,28H,3-11H2,1-2H3,(H,22,27)(H,19,20,21,23)/t15-/m0/s1. The number of rotatable bonds is 10. The maximum absolute atomic E-state index is 12.8. The lowest BCUT2D eigenvalue weighted by Gasteiger charge is -2.27. The van der Waals surface area contributed by atoms with Gasteiger partial charge in [-0.1, -0.05) is 25.7 Å². The van der Waals surface area contributed by atoms with Gasteiger partial charge in [-0.05, 0) is 32.9 Å². The van der Waals surface area contributed by atoms with Gasteiger partial charge in [0.15, 0.2) is 0 Å². The van der Waals surface area contributed by atoms with Crippen molar-refractivity contribution in [2.45, 2.75) is 44.9 Å². The molecule has 1 aliphatic rings. The number of carbonyl (C=O) groups is 2. The largest absolute Gasteiger partial charge is 0.309 e. The van der Waals surface area contributed by atoms with Crippen molar-refractivity contribution in [2.75, 3.05) is 32.6 Å². The molecule has 1 atom stereocenters. The minimum Gasteiger partial charge on any atom is -0.309 e. The number of nitrogens with zero attached hydrogens (tertiary/aromatic N) is 5. The van der Waals surface area contributed by atoms with Gasteiger partial charge in [-0.2, -0.15) is 9.97 Å². The predicted octanol–water partition coefficient (Wildman–Crippen LogP) is 0.853. The fourth-order valence-corrected chi connectivity index (χ4v) is 3.45. The van der Waals surface area contributed by atoms with Crippen LogP contribution in [0.25, 0.3) is 0 Å². The molecule has 0 aromatic carbocycles. The minimum atomic E-state index is -0.504. The monoisotopic (exact) mass is 393 g/mol. The first kappa shape index (κ1) is 22.0. The summed E-state index contributed by atoms with van der Waals surface area (Å²) >= 11 is 0. The molecule has 28 heavy (non-hydrogen) atoms. The van der Waals surface area contributed by atoms with E-state index in [4.69, 9.17) is 0 Å². The summed E-state index contributed by atoms with van der Waals surface area (Å²) < 4.78 is 0. The third-order valence-electron chi connectivity index (χ3n) is 5.01. The van der Waals surface area contributed by atoms with Crippen molar-refractivity contribution in [1.82, 2.24) is 30.3 Å². The van der Waals surface area contributed by atoms with E-state index < -0.39 is 5.92 Å². The van der Waals surface area contributed by atoms with Gasteiger partial charge < -0.3 is 4.90 Å². The second-order valence-electron chi connectivity index (χ2n) is 7.48. The van der Waals surface area contributed by atoms with Crippen LogP contribution in [-0.4, -0.2) is 69.6 Å². The lowest BCUT2D eigenvalue weighted by atomic mass is 9.85. The molecule has 1 fully saturated rings. The van der Waals surface area contributed by atoms with Crippen molar-refractivity contribution >= 4 is 18.3 Å². The van der Waals surface area contributed by atoms with Gasteiger partial charge in [0.2, 0.25) is 18.3 Å². The van der Waals surface area contributed by atoms with Gasteiger partial charge in [-0.25, -0.2) is 10.0 Å². The van der Waals surface area contributed by atoms with Crippen LogP contribution in [0.3, 0.4) is 0 Å². The Kier molecular flexibility index (Phi) is 9.02. The van der Waals surface area contributed by atoms with Crippen LogP contribution in [0.15, 0.2) is 6.33 Å². The molecule has 1 heterocycles. The van der Waals surface area contributed by atoms with Gasteiger partial charge in [0, 0.05) is 13.0 Å². The maximum Gasteiger partial charge on any atom is 0.245 e. The third kappa shape index (κ3) is 7.35. The number of hydroxylamine groups is 2. The maximum atomic E-state index is 12.8. The number of hydrogen-bond donors (Lipinski definition) is 3. The van der Waals surface area contributed by atoms with E-state index in [9.17, 15) is 14.8 Å². The summed E-state index contributed by atoms with van der Waals surface area (Å²) in [5.41, 5.74) is 5.37. The second kappa shape index (κ2) is 11.5. The van der Waals surface area contributed by atoms with Crippen molar-refractivity contribution in [3.8, 4) is 0 Å². The van der Waals surface area contributed by atoms with Crippen LogP contribution in [0.5, 0.6) is 0 Å². The van der Waals surface area contributed by atoms with Crippen molar-refractivity contribution in [3.63, 3.8) is 0 Å². The van der Waals surface area contributed by atoms with Crippen molar-refractivity contribution in [2.24, 2.45) is 11.8 Å². The molecule has 156 valence electrons. The lowest BCUT2D eigenvalue weighted by molar-refractivity contribution is -0.156. The zero-order chi connectivity index (χ0) is 20.4. The van der Waals surface area contributed by atoms with Gasteiger partial charge in [0.25, 0.3) is 0 Å². The molecule has 10 nitrogen and oxygen atoms in total. The Labute approximate surface area is 165 Å². The quantitative estimate of drug-likeness (QED) is 0.231. The van der Waals surface area contributed by atoms with Crippen LogP contribution >= 0.6 is 0 Å². The molecule has 1 aromatic rings. The summed E-state index contributed by atoms with van der Waals surface area (Å²) in [7, 11) is 3.94. The van der Waals surface area contributed by atoms with Crippen molar-refractivity contribution in [3.05, 3.63) is 12.2 Å². The molecular weight excluding hydrogens is 362 g/mol. The Bertz CT molecular complexity index is 621. The van der Waals surface area contributed by atoms with Gasteiger partial charge >= 0.3 is 0 Å². The molecule has 2 rings (SSSR count). The van der Waals surface area contributed by atoms with Gasteiger partial charge in [0.05, 0.1) is 12.5 Å². The average molecular weight is 393 g/mol. The first-order valence-electron chi connectivity index (χ1n) is 9.79. The van der Waals surface area contributed by atoms with Gasteiger partial charge in [-0.15, -0.1) is 0 Å². The predicted molar refractivity (Wildman–Crippen MR) is 103 cm³/mol. The summed E-state index contributed by atoms with van der Waals surface area (Å²) in [5, 5.41) is 10.2. The molecule has 0 spiro atoms. The first-order valence-corrected chi connectivity index (χ1v) is 9.79. The molecule has 10 heteroatoms. The molecule has 0 unspecified atom stereocenters. The number of nitrogens with one attached hydrogen (secondary N) is 2. The summed E-state index contributed by atoms with van der Waals surface area (Å²) in [6.45, 7) is 0.768. The normalized spacial score (nSPS) is 16.3. The summed E-state index contributed by atoms with van der Waals surface area (Å²) in [4.78, 5) is 38.1. The Morgan fingerprint density at radius 2 is 2.00 bits per heavy atom. The number of carbonyl (C=O) groups excluding carboxylic acids is 2. The van der Waals surface area contributed by atoms with Crippen LogP contribution in [0, 0.1) is 11.8 Å². The lowest BCUT2D eigenvalue weighted by Crippen LogP contribution is -2.43. The van der Waals surface area contributed by atoms with Crippen LogP contribution in [0.4, 0.5) is 5.95 Å². The van der Waals surface area contributed by atoms with E-state index in [-0.39, 0.29) is 24.3 Å². The van der Waals surface area contributed by atoms with Crippen LogP contribution in [-0.2, 0) is 16.0 Å². The highest BCUT2D eigenvalue weighted by atomic mass is 16.5. The zero-order valence-electron chi connectivity index (χ0n) is 16.7. The fourth-order valence-electron chi connectivity index (χ4n) is 3.45. The molecule has 1 aliphatic carbocycles. The van der Waals surface area contributed by atoms with Crippen molar-refractivity contribution < 1.29 is 14.8 Å². The Balaban J connectivity index is 1.98. The molecule has 0 radical (unpaired) electrons. The van der Waals surface area contributed by atoms with Crippen molar-refractivity contribution in [1.29, 1.82) is 0 Å². The van der Waals surface area contributed by atoms with E-state index in [1.807, 2.05) is 19.0 Å². The number of hydrazine groups is 1. The number of amides is 2. The molecule has 0 saturated heterocycles. The van der Waals surface area contributed by atoms with Gasteiger partial charge in [-0.3, -0.25) is 25.6 Å². The summed E-state index contributed by atoms with van der Waals surface area (Å²) in [6, 6.07) is 0. The summed E-state index contributed by atoms with van der Waals surface area (Å²) in [5.74, 6) is 0.211. The Hall–Kier alpha value is -2.33. The highest BCUT2D eigenvalue weighted by Gasteiger charge is 2.30. The van der Waals surface area contributed by atoms with E-state index in [0.717, 1.165) is 45.1 Å². The molecule has 0 aliphatic heterocycles. The Morgan fingerprint density at radius 3 is 2.64 bits per heavy atom. The van der Waals surface area contributed by atoms with E-state index in [0.29, 0.717) is 23.7 Å². The highest BCUT2D eigenvalue weighted by Crippen LogP contribution is 2.29. The van der Waals surface area contributed by atoms with E-state index in [2.05, 4.69) is 25.8 Å². The molecule has 1 aromatic heterocycles. The zero-order valence-corrected chi connectivity index (χ0v) is 16.7. The smallest absolute Gasteiger partial charge is 0.245 e. The van der Waals surface area contributed by atoms with E-state index in [1.54, 1.807) is 0 Å². The molecule has 3 N–H and O–H groups in total. The Morgan fingerprint density at radius 1 is 1.29 bits per heavy atom. The number of anilines is 1.